The number of para-hydroxylation sites is 3. The van der Waals surface area contributed by atoms with Gasteiger partial charge in [-0.2, -0.15) is 0 Å². The van der Waals surface area contributed by atoms with E-state index in [1.54, 1.807) is 12.5 Å². The standard InChI is InChI=1S/C16H10N2O/c1-4-8-16-11(5-1)12(10-19-16)15-9-17-13-6-2-3-7-14(13)18-15/h1-10H. The van der Waals surface area contributed by atoms with Gasteiger partial charge < -0.3 is 4.42 Å². The minimum Gasteiger partial charge on any atom is -0.464 e. The number of rotatable bonds is 1. The van der Waals surface area contributed by atoms with Crippen LogP contribution in [0.4, 0.5) is 0 Å². The predicted molar refractivity (Wildman–Crippen MR) is 74.7 cm³/mol. The van der Waals surface area contributed by atoms with Crippen molar-refractivity contribution in [2.45, 2.75) is 0 Å². The summed E-state index contributed by atoms with van der Waals surface area (Å²) in [5.41, 5.74) is 4.48. The van der Waals surface area contributed by atoms with Crippen molar-refractivity contribution in [2.24, 2.45) is 0 Å². The van der Waals surface area contributed by atoms with Crippen molar-refractivity contribution in [1.82, 2.24) is 9.97 Å². The second-order valence-corrected chi connectivity index (χ2v) is 4.39. The molecule has 0 bridgehead atoms. The van der Waals surface area contributed by atoms with Crippen LogP contribution in [0.15, 0.2) is 65.4 Å². The molecule has 0 fully saturated rings. The topological polar surface area (TPSA) is 38.9 Å². The van der Waals surface area contributed by atoms with Crippen molar-refractivity contribution in [2.75, 3.05) is 0 Å². The van der Waals surface area contributed by atoms with Crippen LogP contribution in [0.1, 0.15) is 0 Å². The molecule has 0 amide bonds. The monoisotopic (exact) mass is 246 g/mol. The molecule has 2 aromatic heterocycles. The van der Waals surface area contributed by atoms with E-state index in [9.17, 15) is 0 Å². The molecule has 0 unspecified atom stereocenters. The first-order valence-electron chi connectivity index (χ1n) is 6.10. The summed E-state index contributed by atoms with van der Waals surface area (Å²) in [7, 11) is 0. The molecule has 0 spiro atoms. The van der Waals surface area contributed by atoms with Crippen molar-refractivity contribution in [3.63, 3.8) is 0 Å². The van der Waals surface area contributed by atoms with Crippen LogP contribution in [-0.4, -0.2) is 9.97 Å². The molecule has 0 radical (unpaired) electrons. The molecule has 2 aromatic carbocycles. The maximum Gasteiger partial charge on any atom is 0.134 e. The summed E-state index contributed by atoms with van der Waals surface area (Å²) in [6, 6.07) is 15.8. The minimum absolute atomic E-state index is 0.837. The molecule has 0 saturated carbocycles. The van der Waals surface area contributed by atoms with Crippen molar-refractivity contribution < 1.29 is 4.42 Å². The Morgan fingerprint density at radius 1 is 0.842 bits per heavy atom. The molecule has 3 nitrogen and oxygen atoms in total. The number of hydrogen-bond acceptors (Lipinski definition) is 3. The maximum atomic E-state index is 5.55. The number of nitrogens with zero attached hydrogens (tertiary/aromatic N) is 2. The van der Waals surface area contributed by atoms with Crippen LogP contribution in [0, 0.1) is 0 Å². The van der Waals surface area contributed by atoms with E-state index in [4.69, 9.17) is 4.42 Å². The Morgan fingerprint density at radius 2 is 1.63 bits per heavy atom. The largest absolute Gasteiger partial charge is 0.464 e. The molecule has 0 aliphatic rings. The Labute approximate surface area is 109 Å². The highest BCUT2D eigenvalue weighted by molar-refractivity contribution is 5.93. The molecule has 4 rings (SSSR count). The average molecular weight is 246 g/mol. The van der Waals surface area contributed by atoms with E-state index >= 15 is 0 Å². The van der Waals surface area contributed by atoms with Gasteiger partial charge in [-0.3, -0.25) is 4.98 Å². The number of hydrogen-bond donors (Lipinski definition) is 0. The van der Waals surface area contributed by atoms with E-state index in [0.717, 1.165) is 33.3 Å². The summed E-state index contributed by atoms with van der Waals surface area (Å²) in [4.78, 5) is 9.09. The Morgan fingerprint density at radius 3 is 2.58 bits per heavy atom. The van der Waals surface area contributed by atoms with Crippen molar-refractivity contribution in [3.8, 4) is 11.3 Å². The molecule has 2 heterocycles. The molecule has 0 N–H and O–H groups in total. The first kappa shape index (κ1) is 10.3. The molecule has 0 aliphatic carbocycles. The number of benzene rings is 2. The molecular formula is C16H10N2O. The van der Waals surface area contributed by atoms with Crippen LogP contribution in [0.25, 0.3) is 33.3 Å². The van der Waals surface area contributed by atoms with E-state index in [0.29, 0.717) is 0 Å². The van der Waals surface area contributed by atoms with E-state index in [2.05, 4.69) is 9.97 Å². The number of aromatic nitrogens is 2. The van der Waals surface area contributed by atoms with Gasteiger partial charge in [0.15, 0.2) is 0 Å². The van der Waals surface area contributed by atoms with Crippen molar-refractivity contribution in [1.29, 1.82) is 0 Å². The summed E-state index contributed by atoms with van der Waals surface area (Å²) >= 11 is 0. The van der Waals surface area contributed by atoms with Crippen molar-refractivity contribution >= 4 is 22.0 Å². The molecule has 4 aromatic rings. The fourth-order valence-corrected chi connectivity index (χ4v) is 2.26. The van der Waals surface area contributed by atoms with Crippen LogP contribution >= 0.6 is 0 Å². The number of furan rings is 1. The first-order valence-corrected chi connectivity index (χ1v) is 6.10. The van der Waals surface area contributed by atoms with Gasteiger partial charge in [-0.15, -0.1) is 0 Å². The zero-order chi connectivity index (χ0) is 12.7. The molecule has 90 valence electrons. The summed E-state index contributed by atoms with van der Waals surface area (Å²) in [6.45, 7) is 0. The third-order valence-corrected chi connectivity index (χ3v) is 3.21. The fourth-order valence-electron chi connectivity index (χ4n) is 2.26. The van der Waals surface area contributed by atoms with Crippen molar-refractivity contribution in [3.05, 3.63) is 61.0 Å². The smallest absolute Gasteiger partial charge is 0.134 e. The Hall–Kier alpha value is -2.68. The fraction of sp³-hybridized carbons (Fsp3) is 0. The highest BCUT2D eigenvalue weighted by Gasteiger charge is 2.09. The third kappa shape index (κ3) is 1.59. The summed E-state index contributed by atoms with van der Waals surface area (Å²) in [5.74, 6) is 0. The quantitative estimate of drug-likeness (QED) is 0.508. The molecular weight excluding hydrogens is 236 g/mol. The molecule has 19 heavy (non-hydrogen) atoms. The van der Waals surface area contributed by atoms with Gasteiger partial charge in [-0.1, -0.05) is 30.3 Å². The zero-order valence-corrected chi connectivity index (χ0v) is 10.1. The summed E-state index contributed by atoms with van der Waals surface area (Å²) in [5, 5.41) is 1.06. The van der Waals surface area contributed by atoms with Crippen LogP contribution < -0.4 is 0 Å². The zero-order valence-electron chi connectivity index (χ0n) is 10.1. The van der Waals surface area contributed by atoms with Crippen LogP contribution in [0.2, 0.25) is 0 Å². The lowest BCUT2D eigenvalue weighted by molar-refractivity contribution is 0.617. The molecule has 3 heteroatoms. The first-order chi connectivity index (χ1) is 9.42. The normalized spacial score (nSPS) is 11.2. The van der Waals surface area contributed by atoms with Crippen LogP contribution in [0.5, 0.6) is 0 Å². The molecule has 0 atom stereocenters. The summed E-state index contributed by atoms with van der Waals surface area (Å²) < 4.78 is 5.55. The third-order valence-electron chi connectivity index (χ3n) is 3.21. The predicted octanol–water partition coefficient (Wildman–Crippen LogP) is 4.04. The van der Waals surface area contributed by atoms with Gasteiger partial charge >= 0.3 is 0 Å². The lowest BCUT2D eigenvalue weighted by atomic mass is 10.1. The lowest BCUT2D eigenvalue weighted by Crippen LogP contribution is -1.87. The second-order valence-electron chi connectivity index (χ2n) is 4.39. The van der Waals surface area contributed by atoms with Crippen LogP contribution in [-0.2, 0) is 0 Å². The van der Waals surface area contributed by atoms with E-state index in [-0.39, 0.29) is 0 Å². The van der Waals surface area contributed by atoms with Gasteiger partial charge in [0.05, 0.1) is 22.9 Å². The number of fused-ring (bicyclic) bond motifs is 2. The van der Waals surface area contributed by atoms with Gasteiger partial charge in [-0.05, 0) is 18.2 Å². The van der Waals surface area contributed by atoms with Gasteiger partial charge in [0.25, 0.3) is 0 Å². The van der Waals surface area contributed by atoms with E-state index in [1.807, 2.05) is 48.5 Å². The Balaban J connectivity index is 1.99. The molecule has 0 saturated heterocycles. The Bertz CT molecular complexity index is 880. The van der Waals surface area contributed by atoms with E-state index in [1.165, 1.54) is 0 Å². The van der Waals surface area contributed by atoms with Gasteiger partial charge in [0.1, 0.15) is 11.8 Å². The average Bonchev–Trinajstić information content (AvgIpc) is 2.91. The van der Waals surface area contributed by atoms with Gasteiger partial charge in [-0.25, -0.2) is 4.98 Å². The molecule has 0 aliphatic heterocycles. The lowest BCUT2D eigenvalue weighted by Gasteiger charge is -2.00. The second kappa shape index (κ2) is 3.92. The highest BCUT2D eigenvalue weighted by Crippen LogP contribution is 2.29. The van der Waals surface area contributed by atoms with Gasteiger partial charge in [0.2, 0.25) is 0 Å². The minimum atomic E-state index is 0.837. The summed E-state index contributed by atoms with van der Waals surface area (Å²) in [6.07, 6.45) is 3.53. The van der Waals surface area contributed by atoms with Crippen LogP contribution in [0.3, 0.4) is 0 Å². The van der Waals surface area contributed by atoms with E-state index < -0.39 is 0 Å². The Kier molecular flexibility index (Phi) is 2.12. The maximum absolute atomic E-state index is 5.55. The highest BCUT2D eigenvalue weighted by atomic mass is 16.3. The van der Waals surface area contributed by atoms with Gasteiger partial charge in [0, 0.05) is 10.9 Å². The SMILES string of the molecule is c1ccc2nc(-c3coc4ccccc34)cnc2c1.